The largest absolute Gasteiger partial charge is 0.263 e. The highest BCUT2D eigenvalue weighted by Crippen LogP contribution is 2.02. The molecule has 0 spiro atoms. The molecule has 0 rings (SSSR count). The van der Waals surface area contributed by atoms with E-state index in [1.165, 1.54) is 12.3 Å². The molecule has 0 aromatic heterocycles. The maximum absolute atomic E-state index is 12.9. The summed E-state index contributed by atoms with van der Waals surface area (Å²) >= 11 is 0. The highest BCUT2D eigenvalue weighted by molar-refractivity contribution is 5.84. The van der Waals surface area contributed by atoms with Crippen LogP contribution in [-0.4, -0.2) is 5.71 Å². The van der Waals surface area contributed by atoms with Gasteiger partial charge in [-0.3, -0.25) is 4.99 Å². The van der Waals surface area contributed by atoms with Gasteiger partial charge in [-0.2, -0.15) is 0 Å². The highest BCUT2D eigenvalue weighted by atomic mass is 19.1. The van der Waals surface area contributed by atoms with Crippen LogP contribution in [0.1, 0.15) is 34.1 Å². The topological polar surface area (TPSA) is 12.4 Å². The van der Waals surface area contributed by atoms with E-state index in [9.17, 15) is 4.39 Å². The maximum Gasteiger partial charge on any atom is 0.141 e. The standard InChI is InChI=1S/C11H18FN/c1-5-6-7-11(12)8-13-10(4)9(2)3/h6-9H,5H2,1-4H3/b7-6+,11-8+,13-10?. The molecule has 13 heavy (non-hydrogen) atoms. The van der Waals surface area contributed by atoms with Crippen LogP contribution in [0.3, 0.4) is 0 Å². The lowest BCUT2D eigenvalue weighted by atomic mass is 10.1. The molecule has 0 aromatic rings. The lowest BCUT2D eigenvalue weighted by Gasteiger charge is -2.00. The third kappa shape index (κ3) is 6.26. The van der Waals surface area contributed by atoms with Crippen LogP contribution >= 0.6 is 0 Å². The van der Waals surface area contributed by atoms with Crippen LogP contribution in [0.5, 0.6) is 0 Å². The summed E-state index contributed by atoms with van der Waals surface area (Å²) in [7, 11) is 0. The van der Waals surface area contributed by atoms with Crippen molar-refractivity contribution < 1.29 is 4.39 Å². The Bertz CT molecular complexity index is 224. The number of halogens is 1. The van der Waals surface area contributed by atoms with Crippen molar-refractivity contribution in [2.45, 2.75) is 34.1 Å². The van der Waals surface area contributed by atoms with Crippen LogP contribution < -0.4 is 0 Å². The van der Waals surface area contributed by atoms with Gasteiger partial charge in [-0.15, -0.1) is 0 Å². The zero-order chi connectivity index (χ0) is 10.3. The molecule has 0 bridgehead atoms. The number of hydrogen-bond donors (Lipinski definition) is 0. The summed E-state index contributed by atoms with van der Waals surface area (Å²) in [6, 6.07) is 0. The first-order valence-electron chi connectivity index (χ1n) is 4.64. The predicted octanol–water partition coefficient (Wildman–Crippen LogP) is 3.88. The Hall–Kier alpha value is -0.920. The van der Waals surface area contributed by atoms with E-state index in [4.69, 9.17) is 0 Å². The molecule has 0 unspecified atom stereocenters. The van der Waals surface area contributed by atoms with Gasteiger partial charge in [0.05, 0.1) is 6.20 Å². The summed E-state index contributed by atoms with van der Waals surface area (Å²) in [6.45, 7) is 7.93. The summed E-state index contributed by atoms with van der Waals surface area (Å²) < 4.78 is 12.9. The van der Waals surface area contributed by atoms with E-state index in [1.807, 2.05) is 27.7 Å². The second-order valence-corrected chi connectivity index (χ2v) is 3.25. The second-order valence-electron chi connectivity index (χ2n) is 3.25. The van der Waals surface area contributed by atoms with Gasteiger partial charge in [0.1, 0.15) is 5.83 Å². The fourth-order valence-corrected chi connectivity index (χ4v) is 0.586. The Labute approximate surface area is 80.1 Å². The molecule has 0 atom stereocenters. The van der Waals surface area contributed by atoms with Gasteiger partial charge in [0, 0.05) is 5.71 Å². The van der Waals surface area contributed by atoms with Crippen molar-refractivity contribution in [3.05, 3.63) is 24.2 Å². The van der Waals surface area contributed by atoms with Crippen molar-refractivity contribution in [1.82, 2.24) is 0 Å². The van der Waals surface area contributed by atoms with Gasteiger partial charge in [-0.25, -0.2) is 4.39 Å². The molecule has 74 valence electrons. The summed E-state index contributed by atoms with van der Waals surface area (Å²) in [6.07, 6.45) is 5.32. The summed E-state index contributed by atoms with van der Waals surface area (Å²) in [4.78, 5) is 4.00. The third-order valence-corrected chi connectivity index (χ3v) is 1.74. The smallest absolute Gasteiger partial charge is 0.141 e. The van der Waals surface area contributed by atoms with E-state index < -0.39 is 0 Å². The van der Waals surface area contributed by atoms with Crippen molar-refractivity contribution in [1.29, 1.82) is 0 Å². The van der Waals surface area contributed by atoms with Gasteiger partial charge in [0.15, 0.2) is 0 Å². The zero-order valence-electron chi connectivity index (χ0n) is 8.84. The first-order valence-corrected chi connectivity index (χ1v) is 4.64. The van der Waals surface area contributed by atoms with Gasteiger partial charge in [-0.05, 0) is 25.3 Å². The molecule has 0 saturated heterocycles. The molecular formula is C11H18FN. The average molecular weight is 183 g/mol. The fourth-order valence-electron chi connectivity index (χ4n) is 0.586. The summed E-state index contributed by atoms with van der Waals surface area (Å²) in [5.74, 6) is 0.0843. The SMILES string of the molecule is CC/C=C/C(F)=C\N=C(C)C(C)C. The molecule has 0 aliphatic heterocycles. The molecule has 0 N–H and O–H groups in total. The number of allylic oxidation sites excluding steroid dienone is 3. The third-order valence-electron chi connectivity index (χ3n) is 1.74. The molecular weight excluding hydrogens is 165 g/mol. The molecule has 0 radical (unpaired) electrons. The van der Waals surface area contributed by atoms with Crippen molar-refractivity contribution in [2.24, 2.45) is 10.9 Å². The number of aliphatic imine (C=N–C) groups is 1. The lowest BCUT2D eigenvalue weighted by molar-refractivity contribution is 0.662. The first kappa shape index (κ1) is 12.1. The monoisotopic (exact) mass is 183 g/mol. The van der Waals surface area contributed by atoms with Gasteiger partial charge in [0.2, 0.25) is 0 Å². The van der Waals surface area contributed by atoms with E-state index in [0.29, 0.717) is 5.92 Å². The fraction of sp³-hybridized carbons (Fsp3) is 0.545. The molecule has 2 heteroatoms. The van der Waals surface area contributed by atoms with Gasteiger partial charge < -0.3 is 0 Å². The van der Waals surface area contributed by atoms with Crippen molar-refractivity contribution in [3.8, 4) is 0 Å². The van der Waals surface area contributed by atoms with E-state index in [2.05, 4.69) is 4.99 Å². The summed E-state index contributed by atoms with van der Waals surface area (Å²) in [5.41, 5.74) is 0.944. The van der Waals surface area contributed by atoms with Crippen molar-refractivity contribution >= 4 is 5.71 Å². The highest BCUT2D eigenvalue weighted by Gasteiger charge is 1.95. The quantitative estimate of drug-likeness (QED) is 0.463. The van der Waals surface area contributed by atoms with E-state index in [0.717, 1.165) is 12.1 Å². The van der Waals surface area contributed by atoms with Gasteiger partial charge >= 0.3 is 0 Å². The van der Waals surface area contributed by atoms with Crippen molar-refractivity contribution in [3.63, 3.8) is 0 Å². The first-order chi connectivity index (χ1) is 6.07. The molecule has 0 heterocycles. The normalized spacial score (nSPS) is 14.6. The molecule has 0 aliphatic carbocycles. The van der Waals surface area contributed by atoms with E-state index in [1.54, 1.807) is 6.08 Å². The number of rotatable bonds is 4. The molecule has 0 saturated carbocycles. The Morgan fingerprint density at radius 3 is 2.54 bits per heavy atom. The molecule has 0 fully saturated rings. The second kappa shape index (κ2) is 6.58. The minimum Gasteiger partial charge on any atom is -0.263 e. The van der Waals surface area contributed by atoms with Gasteiger partial charge in [0.25, 0.3) is 0 Å². The Morgan fingerprint density at radius 2 is 2.08 bits per heavy atom. The van der Waals surface area contributed by atoms with E-state index >= 15 is 0 Å². The summed E-state index contributed by atoms with van der Waals surface area (Å²) in [5, 5.41) is 0. The predicted molar refractivity (Wildman–Crippen MR) is 56.6 cm³/mol. The maximum atomic E-state index is 12.9. The minimum absolute atomic E-state index is 0.290. The molecule has 0 amide bonds. The Kier molecular flexibility index (Phi) is 6.11. The Balaban J connectivity index is 4.24. The van der Waals surface area contributed by atoms with Gasteiger partial charge in [-0.1, -0.05) is 26.8 Å². The van der Waals surface area contributed by atoms with Crippen LogP contribution in [-0.2, 0) is 0 Å². The zero-order valence-corrected chi connectivity index (χ0v) is 8.84. The molecule has 0 aliphatic rings. The van der Waals surface area contributed by atoms with Crippen LogP contribution in [0.25, 0.3) is 0 Å². The average Bonchev–Trinajstić information content (AvgIpc) is 2.10. The number of nitrogens with zero attached hydrogens (tertiary/aromatic N) is 1. The molecule has 0 aromatic carbocycles. The van der Waals surface area contributed by atoms with Crippen LogP contribution in [0.15, 0.2) is 29.2 Å². The Morgan fingerprint density at radius 1 is 1.46 bits per heavy atom. The molecule has 1 nitrogen and oxygen atoms in total. The van der Waals surface area contributed by atoms with Crippen LogP contribution in [0, 0.1) is 5.92 Å². The van der Waals surface area contributed by atoms with E-state index in [-0.39, 0.29) is 5.83 Å². The van der Waals surface area contributed by atoms with Crippen LogP contribution in [0.2, 0.25) is 0 Å². The van der Waals surface area contributed by atoms with Crippen molar-refractivity contribution in [2.75, 3.05) is 0 Å². The number of hydrogen-bond acceptors (Lipinski definition) is 1. The van der Waals surface area contributed by atoms with Crippen LogP contribution in [0.4, 0.5) is 4.39 Å². The minimum atomic E-state index is -0.290. The lowest BCUT2D eigenvalue weighted by Crippen LogP contribution is -2.00.